The van der Waals surface area contributed by atoms with E-state index in [1.165, 1.54) is 0 Å². The zero-order valence-electron chi connectivity index (χ0n) is 9.66. The molecular formula is C11H15N3O3. The quantitative estimate of drug-likeness (QED) is 0.697. The number of likely N-dealkylation sites (N-methyl/N-ethyl adjacent to an activating group) is 1. The molecule has 3 N–H and O–H groups in total. The Balaban J connectivity index is 2.06. The third-order valence-corrected chi connectivity index (χ3v) is 3.78. The van der Waals surface area contributed by atoms with E-state index in [4.69, 9.17) is 14.9 Å². The number of ether oxygens (including phenoxy) is 1. The van der Waals surface area contributed by atoms with Gasteiger partial charge in [0.05, 0.1) is 0 Å². The van der Waals surface area contributed by atoms with E-state index in [1.54, 1.807) is 6.26 Å². The molecule has 1 saturated heterocycles. The molecule has 6 heteroatoms. The second kappa shape index (κ2) is 3.40. The lowest BCUT2D eigenvalue weighted by Gasteiger charge is -2.46. The molecule has 0 aliphatic carbocycles. The number of anilines is 3. The smallest absolute Gasteiger partial charge is 0.250 e. The number of carbonyl (C=O) groups excluding carboxylic acids is 1. The number of nitrogens with one attached hydrogen (secondary N) is 1. The lowest BCUT2D eigenvalue weighted by Crippen LogP contribution is -2.60. The fourth-order valence-electron chi connectivity index (χ4n) is 2.62. The second-order valence-electron chi connectivity index (χ2n) is 4.52. The highest BCUT2D eigenvalue weighted by molar-refractivity contribution is 6.08. The van der Waals surface area contributed by atoms with Crippen LogP contribution in [0.1, 0.15) is 12.8 Å². The Morgan fingerprint density at radius 2 is 2.18 bits per heavy atom. The molecular weight excluding hydrogens is 222 g/mol. The van der Waals surface area contributed by atoms with Crippen molar-refractivity contribution >= 4 is 23.2 Å². The minimum atomic E-state index is -0.526. The van der Waals surface area contributed by atoms with Crippen LogP contribution in [0.3, 0.4) is 0 Å². The molecule has 3 rings (SSSR count). The van der Waals surface area contributed by atoms with Gasteiger partial charge < -0.3 is 25.1 Å². The van der Waals surface area contributed by atoms with E-state index in [2.05, 4.69) is 5.32 Å². The molecule has 0 saturated carbocycles. The summed E-state index contributed by atoms with van der Waals surface area (Å²) < 4.78 is 10.5. The number of amides is 1. The van der Waals surface area contributed by atoms with Gasteiger partial charge in [0.2, 0.25) is 5.88 Å². The van der Waals surface area contributed by atoms with E-state index in [0.29, 0.717) is 31.7 Å². The van der Waals surface area contributed by atoms with Crippen molar-refractivity contribution in [2.45, 2.75) is 18.4 Å². The molecule has 1 spiro atoms. The number of hydrogen-bond acceptors (Lipinski definition) is 5. The van der Waals surface area contributed by atoms with Crippen molar-refractivity contribution in [2.24, 2.45) is 0 Å². The van der Waals surface area contributed by atoms with Crippen LogP contribution in [0.15, 0.2) is 10.7 Å². The lowest BCUT2D eigenvalue weighted by molar-refractivity contribution is -0.124. The summed E-state index contributed by atoms with van der Waals surface area (Å²) in [6.07, 6.45) is 2.95. The second-order valence-corrected chi connectivity index (χ2v) is 4.52. The summed E-state index contributed by atoms with van der Waals surface area (Å²) in [5.41, 5.74) is 6.56. The number of hydrogen-bond donors (Lipinski definition) is 2. The summed E-state index contributed by atoms with van der Waals surface area (Å²) in [5, 5.41) is 2.84. The Labute approximate surface area is 98.7 Å². The third-order valence-electron chi connectivity index (χ3n) is 3.78. The summed E-state index contributed by atoms with van der Waals surface area (Å²) in [6, 6.07) is 0. The van der Waals surface area contributed by atoms with Crippen LogP contribution in [0.25, 0.3) is 0 Å². The van der Waals surface area contributed by atoms with Crippen molar-refractivity contribution in [2.75, 3.05) is 36.2 Å². The Kier molecular flexibility index (Phi) is 2.09. The highest BCUT2D eigenvalue weighted by atomic mass is 16.5. The van der Waals surface area contributed by atoms with Crippen molar-refractivity contribution in [3.63, 3.8) is 0 Å². The van der Waals surface area contributed by atoms with E-state index in [0.717, 1.165) is 5.69 Å². The van der Waals surface area contributed by atoms with Gasteiger partial charge in [-0.05, 0) is 0 Å². The minimum Gasteiger partial charge on any atom is -0.445 e. The van der Waals surface area contributed by atoms with E-state index in [9.17, 15) is 4.79 Å². The maximum absolute atomic E-state index is 12.3. The Morgan fingerprint density at radius 3 is 2.88 bits per heavy atom. The molecule has 17 heavy (non-hydrogen) atoms. The molecule has 92 valence electrons. The maximum atomic E-state index is 12.3. The van der Waals surface area contributed by atoms with Crippen LogP contribution < -0.4 is 16.0 Å². The molecule has 3 heterocycles. The van der Waals surface area contributed by atoms with Crippen LogP contribution in [-0.2, 0) is 9.53 Å². The summed E-state index contributed by atoms with van der Waals surface area (Å²) >= 11 is 0. The zero-order chi connectivity index (χ0) is 12.0. The highest BCUT2D eigenvalue weighted by Crippen LogP contribution is 2.44. The zero-order valence-corrected chi connectivity index (χ0v) is 9.66. The van der Waals surface area contributed by atoms with Gasteiger partial charge in [0.15, 0.2) is 0 Å². The van der Waals surface area contributed by atoms with Gasteiger partial charge in [0.25, 0.3) is 5.91 Å². The number of furan rings is 1. The first-order valence-corrected chi connectivity index (χ1v) is 5.65. The van der Waals surface area contributed by atoms with Gasteiger partial charge in [-0.3, -0.25) is 4.79 Å². The summed E-state index contributed by atoms with van der Waals surface area (Å²) in [5.74, 6) is 0.228. The molecule has 1 amide bonds. The summed E-state index contributed by atoms with van der Waals surface area (Å²) in [6.45, 7) is 1.20. The Morgan fingerprint density at radius 1 is 1.47 bits per heavy atom. The number of nitrogens with zero attached hydrogens (tertiary/aromatic N) is 1. The van der Waals surface area contributed by atoms with Gasteiger partial charge in [-0.2, -0.15) is 0 Å². The Bertz CT molecular complexity index is 463. The monoisotopic (exact) mass is 237 g/mol. The molecule has 2 aliphatic rings. The summed E-state index contributed by atoms with van der Waals surface area (Å²) in [4.78, 5) is 14.3. The predicted molar refractivity (Wildman–Crippen MR) is 62.9 cm³/mol. The van der Waals surface area contributed by atoms with Crippen LogP contribution in [0, 0.1) is 0 Å². The first kappa shape index (κ1) is 10.5. The van der Waals surface area contributed by atoms with E-state index in [-0.39, 0.29) is 11.8 Å². The van der Waals surface area contributed by atoms with Crippen molar-refractivity contribution in [1.82, 2.24) is 0 Å². The first-order valence-electron chi connectivity index (χ1n) is 5.65. The maximum Gasteiger partial charge on any atom is 0.250 e. The molecule has 0 atom stereocenters. The third kappa shape index (κ3) is 1.27. The Hall–Kier alpha value is -1.69. The fourth-order valence-corrected chi connectivity index (χ4v) is 2.62. The van der Waals surface area contributed by atoms with Crippen LogP contribution in [0.5, 0.6) is 0 Å². The van der Waals surface area contributed by atoms with Gasteiger partial charge in [0.1, 0.15) is 23.2 Å². The standard InChI is InChI=1S/C11H15N3O3/c1-14-7-6-17-9(12)8(7)13-10(15)11(14)2-4-16-5-3-11/h6H,2-5,12H2,1H3,(H,13,15). The average Bonchev–Trinajstić information content (AvgIpc) is 2.70. The van der Waals surface area contributed by atoms with Gasteiger partial charge in [-0.1, -0.05) is 0 Å². The molecule has 1 aromatic heterocycles. The molecule has 1 aromatic rings. The lowest BCUT2D eigenvalue weighted by atomic mass is 9.85. The van der Waals surface area contributed by atoms with Gasteiger partial charge in [-0.25, -0.2) is 0 Å². The molecule has 1 fully saturated rings. The normalized spacial score (nSPS) is 22.4. The van der Waals surface area contributed by atoms with Crippen molar-refractivity contribution in [1.29, 1.82) is 0 Å². The number of rotatable bonds is 0. The molecule has 0 aromatic carbocycles. The number of nitrogens with two attached hydrogens (primary N) is 1. The van der Waals surface area contributed by atoms with Gasteiger partial charge in [-0.15, -0.1) is 0 Å². The molecule has 0 unspecified atom stereocenters. The van der Waals surface area contributed by atoms with Crippen LogP contribution in [0.4, 0.5) is 17.3 Å². The van der Waals surface area contributed by atoms with E-state index < -0.39 is 5.54 Å². The molecule has 0 bridgehead atoms. The largest absolute Gasteiger partial charge is 0.445 e. The number of nitrogen functional groups attached to an aromatic ring is 1. The fraction of sp³-hybridized carbons (Fsp3) is 0.545. The SMILES string of the molecule is CN1c2coc(N)c2NC(=O)C12CCOCC2. The molecule has 6 nitrogen and oxygen atoms in total. The van der Waals surface area contributed by atoms with Gasteiger partial charge >= 0.3 is 0 Å². The van der Waals surface area contributed by atoms with Crippen molar-refractivity contribution in [3.05, 3.63) is 6.26 Å². The number of fused-ring (bicyclic) bond motifs is 1. The highest BCUT2D eigenvalue weighted by Gasteiger charge is 2.48. The van der Waals surface area contributed by atoms with Crippen LogP contribution >= 0.6 is 0 Å². The van der Waals surface area contributed by atoms with Gasteiger partial charge in [0, 0.05) is 33.1 Å². The van der Waals surface area contributed by atoms with Crippen molar-refractivity contribution < 1.29 is 13.9 Å². The predicted octanol–water partition coefficient (Wildman–Crippen LogP) is 0.799. The molecule has 2 aliphatic heterocycles. The minimum absolute atomic E-state index is 0.0242. The van der Waals surface area contributed by atoms with E-state index >= 15 is 0 Å². The molecule has 0 radical (unpaired) electrons. The topological polar surface area (TPSA) is 80.7 Å². The van der Waals surface area contributed by atoms with Crippen LogP contribution in [0.2, 0.25) is 0 Å². The average molecular weight is 237 g/mol. The van der Waals surface area contributed by atoms with Crippen molar-refractivity contribution in [3.8, 4) is 0 Å². The number of carbonyl (C=O) groups is 1. The van der Waals surface area contributed by atoms with Crippen LogP contribution in [-0.4, -0.2) is 31.7 Å². The summed E-state index contributed by atoms with van der Waals surface area (Å²) in [7, 11) is 1.90. The van der Waals surface area contributed by atoms with E-state index in [1.807, 2.05) is 11.9 Å². The first-order chi connectivity index (χ1) is 8.15.